The van der Waals surface area contributed by atoms with E-state index in [4.69, 9.17) is 9.84 Å². The minimum Gasteiger partial charge on any atom is -0.479 e. The summed E-state index contributed by atoms with van der Waals surface area (Å²) >= 11 is 0. The maximum absolute atomic E-state index is 11.8. The highest BCUT2D eigenvalue weighted by atomic mass is 16.5. The third-order valence-electron chi connectivity index (χ3n) is 3.18. The van der Waals surface area contributed by atoms with E-state index in [-0.39, 0.29) is 18.6 Å². The molecule has 0 spiro atoms. The van der Waals surface area contributed by atoms with Crippen LogP contribution < -0.4 is 10.2 Å². The van der Waals surface area contributed by atoms with Crippen LogP contribution in [0.2, 0.25) is 0 Å². The fourth-order valence-electron chi connectivity index (χ4n) is 2.10. The predicted molar refractivity (Wildman–Crippen MR) is 73.8 cm³/mol. The molecule has 0 bridgehead atoms. The molecule has 1 aromatic rings. The summed E-state index contributed by atoms with van der Waals surface area (Å²) in [5.41, 5.74) is 0. The summed E-state index contributed by atoms with van der Waals surface area (Å²) in [7, 11) is 1.72. The number of aromatic nitrogens is 2. The van der Waals surface area contributed by atoms with Crippen LogP contribution in [0.5, 0.6) is 0 Å². The first kappa shape index (κ1) is 15.2. The summed E-state index contributed by atoms with van der Waals surface area (Å²) in [5, 5.41) is 11.6. The van der Waals surface area contributed by atoms with Crippen molar-refractivity contribution in [3.05, 3.63) is 18.5 Å². The van der Waals surface area contributed by atoms with Gasteiger partial charge in [-0.15, -0.1) is 0 Å². The summed E-state index contributed by atoms with van der Waals surface area (Å²) in [5.74, 6) is -0.673. The van der Waals surface area contributed by atoms with E-state index >= 15 is 0 Å². The number of carboxylic acid groups (broad SMARTS) is 1. The van der Waals surface area contributed by atoms with Crippen LogP contribution in [0, 0.1) is 0 Å². The molecule has 21 heavy (non-hydrogen) atoms. The molecule has 2 N–H and O–H groups in total. The largest absolute Gasteiger partial charge is 0.479 e. The van der Waals surface area contributed by atoms with Gasteiger partial charge in [-0.1, -0.05) is 0 Å². The summed E-state index contributed by atoms with van der Waals surface area (Å²) in [4.78, 5) is 32.3. The van der Waals surface area contributed by atoms with E-state index in [2.05, 4.69) is 15.3 Å². The molecule has 1 aromatic heterocycles. The summed E-state index contributed by atoms with van der Waals surface area (Å²) in [6, 6.07) is 1.70. The van der Waals surface area contributed by atoms with Crippen molar-refractivity contribution in [1.82, 2.24) is 15.3 Å². The molecule has 2 unspecified atom stereocenters. The zero-order valence-corrected chi connectivity index (χ0v) is 11.7. The van der Waals surface area contributed by atoms with Gasteiger partial charge >= 0.3 is 5.97 Å². The highest BCUT2D eigenvalue weighted by molar-refractivity contribution is 5.80. The highest BCUT2D eigenvalue weighted by Gasteiger charge is 2.30. The quantitative estimate of drug-likeness (QED) is 0.739. The number of nitrogens with zero attached hydrogens (tertiary/aromatic N) is 3. The van der Waals surface area contributed by atoms with E-state index in [0.29, 0.717) is 25.3 Å². The number of hydrogen-bond acceptors (Lipinski definition) is 6. The van der Waals surface area contributed by atoms with Crippen molar-refractivity contribution in [3.8, 4) is 0 Å². The molecule has 8 heteroatoms. The van der Waals surface area contributed by atoms with Crippen LogP contribution in [0.4, 0.5) is 5.95 Å². The number of hydrogen-bond donors (Lipinski definition) is 2. The molecule has 8 nitrogen and oxygen atoms in total. The molecule has 1 amide bonds. The molecule has 2 rings (SSSR count). The molecule has 0 radical (unpaired) electrons. The number of nitrogens with one attached hydrogen (secondary N) is 1. The normalized spacial score (nSPS) is 21.0. The van der Waals surface area contributed by atoms with E-state index in [1.807, 2.05) is 0 Å². The Bertz CT molecular complexity index is 496. The van der Waals surface area contributed by atoms with Crippen LogP contribution in [-0.2, 0) is 14.3 Å². The van der Waals surface area contributed by atoms with Gasteiger partial charge in [-0.3, -0.25) is 4.79 Å². The van der Waals surface area contributed by atoms with Crippen LogP contribution in [0.3, 0.4) is 0 Å². The number of carbonyl (C=O) groups is 2. The van der Waals surface area contributed by atoms with E-state index in [9.17, 15) is 9.59 Å². The summed E-state index contributed by atoms with van der Waals surface area (Å²) in [6.45, 7) is 0.436. The fraction of sp³-hybridized carbons (Fsp3) is 0.538. The third-order valence-corrected chi connectivity index (χ3v) is 3.18. The third kappa shape index (κ3) is 4.38. The van der Waals surface area contributed by atoms with Crippen molar-refractivity contribution in [2.45, 2.75) is 25.0 Å². The van der Waals surface area contributed by atoms with Gasteiger partial charge in [0.25, 0.3) is 0 Å². The second-order valence-electron chi connectivity index (χ2n) is 4.87. The number of aliphatic carboxylic acids is 1. The molecule has 1 saturated heterocycles. The van der Waals surface area contributed by atoms with E-state index in [1.54, 1.807) is 30.4 Å². The van der Waals surface area contributed by atoms with Crippen LogP contribution >= 0.6 is 0 Å². The Balaban J connectivity index is 1.72. The smallest absolute Gasteiger partial charge is 0.332 e. The lowest BCUT2D eigenvalue weighted by Crippen LogP contribution is -2.39. The molecule has 1 aliphatic rings. The van der Waals surface area contributed by atoms with Gasteiger partial charge in [0, 0.05) is 26.0 Å². The van der Waals surface area contributed by atoms with Crippen molar-refractivity contribution in [2.24, 2.45) is 0 Å². The Labute approximate surface area is 122 Å². The maximum atomic E-state index is 11.8. The first-order chi connectivity index (χ1) is 10.1. The molecule has 1 aliphatic heterocycles. The standard InChI is InChI=1S/C13H18N4O4/c1-17(13-14-5-2-6-15-13)8-11(18)16-7-9-3-4-10(21-9)12(19)20/h2,5-6,9-10H,3-4,7-8H2,1H3,(H,16,18)(H,19,20). The highest BCUT2D eigenvalue weighted by Crippen LogP contribution is 2.19. The van der Waals surface area contributed by atoms with Gasteiger partial charge in [0.1, 0.15) is 0 Å². The van der Waals surface area contributed by atoms with Crippen LogP contribution in [0.25, 0.3) is 0 Å². The van der Waals surface area contributed by atoms with Crippen molar-refractivity contribution in [1.29, 1.82) is 0 Å². The summed E-state index contributed by atoms with van der Waals surface area (Å²) < 4.78 is 5.31. The second-order valence-corrected chi connectivity index (χ2v) is 4.87. The Morgan fingerprint density at radius 2 is 2.14 bits per heavy atom. The monoisotopic (exact) mass is 294 g/mol. The number of likely N-dealkylation sites (N-methyl/N-ethyl adjacent to an activating group) is 1. The van der Waals surface area contributed by atoms with Gasteiger partial charge in [0.15, 0.2) is 6.10 Å². The average molecular weight is 294 g/mol. The lowest BCUT2D eigenvalue weighted by molar-refractivity contribution is -0.149. The summed E-state index contributed by atoms with van der Waals surface area (Å²) in [6.07, 6.45) is 3.33. The molecule has 114 valence electrons. The van der Waals surface area contributed by atoms with Gasteiger partial charge in [-0.2, -0.15) is 0 Å². The van der Waals surface area contributed by atoms with Crippen molar-refractivity contribution in [3.63, 3.8) is 0 Å². The Kier molecular flexibility index (Phi) is 5.04. The SMILES string of the molecule is CN(CC(=O)NCC1CCC(C(=O)O)O1)c1ncccn1. The minimum atomic E-state index is -0.954. The van der Waals surface area contributed by atoms with E-state index in [0.717, 1.165) is 0 Å². The Hall–Kier alpha value is -2.22. The number of rotatable bonds is 6. The van der Waals surface area contributed by atoms with Gasteiger partial charge < -0.3 is 20.1 Å². The van der Waals surface area contributed by atoms with Crippen LogP contribution in [0.15, 0.2) is 18.5 Å². The van der Waals surface area contributed by atoms with E-state index < -0.39 is 12.1 Å². The lowest BCUT2D eigenvalue weighted by Gasteiger charge is -2.17. The average Bonchev–Trinajstić information content (AvgIpc) is 2.95. The van der Waals surface area contributed by atoms with Crippen molar-refractivity contribution >= 4 is 17.8 Å². The molecular formula is C13H18N4O4. The topological polar surface area (TPSA) is 105 Å². The van der Waals surface area contributed by atoms with E-state index in [1.165, 1.54) is 0 Å². The molecule has 0 aliphatic carbocycles. The number of carbonyl (C=O) groups excluding carboxylic acids is 1. The number of ether oxygens (including phenoxy) is 1. The lowest BCUT2D eigenvalue weighted by atomic mass is 10.2. The molecule has 0 saturated carbocycles. The molecule has 2 atom stereocenters. The number of anilines is 1. The Morgan fingerprint density at radius 1 is 1.43 bits per heavy atom. The maximum Gasteiger partial charge on any atom is 0.332 e. The van der Waals surface area contributed by atoms with Gasteiger partial charge in [-0.05, 0) is 18.9 Å². The number of amides is 1. The first-order valence-electron chi connectivity index (χ1n) is 6.69. The van der Waals surface area contributed by atoms with Crippen molar-refractivity contribution < 1.29 is 19.4 Å². The number of carboxylic acids is 1. The fourth-order valence-corrected chi connectivity index (χ4v) is 2.10. The molecule has 2 heterocycles. The molecular weight excluding hydrogens is 276 g/mol. The predicted octanol–water partition coefficient (Wildman–Crippen LogP) is -0.339. The van der Waals surface area contributed by atoms with Crippen LogP contribution in [-0.4, -0.2) is 59.3 Å². The second kappa shape index (κ2) is 6.98. The zero-order valence-electron chi connectivity index (χ0n) is 11.7. The van der Waals surface area contributed by atoms with Gasteiger partial charge in [0.2, 0.25) is 11.9 Å². The van der Waals surface area contributed by atoms with Gasteiger partial charge in [0.05, 0.1) is 12.6 Å². The minimum absolute atomic E-state index is 0.124. The zero-order chi connectivity index (χ0) is 15.2. The van der Waals surface area contributed by atoms with Gasteiger partial charge in [-0.25, -0.2) is 14.8 Å². The molecule has 0 aromatic carbocycles. The first-order valence-corrected chi connectivity index (χ1v) is 6.69. The molecule has 1 fully saturated rings. The van der Waals surface area contributed by atoms with Crippen molar-refractivity contribution in [2.75, 3.05) is 25.0 Å². The van der Waals surface area contributed by atoms with Crippen LogP contribution in [0.1, 0.15) is 12.8 Å². The Morgan fingerprint density at radius 3 is 2.76 bits per heavy atom.